The molecule has 2 fully saturated rings. The van der Waals surface area contributed by atoms with Crippen LogP contribution in [0.1, 0.15) is 25.7 Å². The molecule has 1 saturated heterocycles. The van der Waals surface area contributed by atoms with E-state index in [2.05, 4.69) is 10.6 Å². The number of hydrogen-bond donors (Lipinski definition) is 2. The molecule has 1 aromatic rings. The first-order valence-electron chi connectivity index (χ1n) is 8.15. The van der Waals surface area contributed by atoms with E-state index in [9.17, 15) is 9.59 Å². The van der Waals surface area contributed by atoms with E-state index < -0.39 is 17.6 Å². The van der Waals surface area contributed by atoms with Crippen LogP contribution in [-0.2, 0) is 19.1 Å². The van der Waals surface area contributed by atoms with Crippen LogP contribution in [0.15, 0.2) is 24.3 Å². The molecule has 1 aromatic carbocycles. The average molecular weight is 334 g/mol. The van der Waals surface area contributed by atoms with Gasteiger partial charge in [-0.15, -0.1) is 0 Å². The van der Waals surface area contributed by atoms with Crippen LogP contribution in [0.5, 0.6) is 5.75 Å². The lowest BCUT2D eigenvalue weighted by molar-refractivity contribution is -0.161. The van der Waals surface area contributed by atoms with E-state index in [1.807, 2.05) is 0 Å². The Morgan fingerprint density at radius 2 is 2.08 bits per heavy atom. The van der Waals surface area contributed by atoms with Gasteiger partial charge < -0.3 is 24.8 Å². The number of anilines is 1. The van der Waals surface area contributed by atoms with Crippen molar-refractivity contribution in [2.75, 3.05) is 25.6 Å². The Hall–Kier alpha value is -2.12. The van der Waals surface area contributed by atoms with Crippen molar-refractivity contribution in [3.63, 3.8) is 0 Å². The van der Waals surface area contributed by atoms with Gasteiger partial charge in [-0.1, -0.05) is 6.07 Å². The molecule has 1 aliphatic carbocycles. The number of ether oxygens (including phenoxy) is 3. The lowest BCUT2D eigenvalue weighted by atomic mass is 10.2. The molecule has 2 aliphatic rings. The van der Waals surface area contributed by atoms with Crippen molar-refractivity contribution < 1.29 is 23.8 Å². The topological polar surface area (TPSA) is 85.9 Å². The minimum absolute atomic E-state index is 0.211. The zero-order valence-electron chi connectivity index (χ0n) is 13.7. The van der Waals surface area contributed by atoms with Gasteiger partial charge in [-0.25, -0.2) is 0 Å². The molecule has 7 heteroatoms. The summed E-state index contributed by atoms with van der Waals surface area (Å²) in [7, 11) is 1.54. The average Bonchev–Trinajstić information content (AvgIpc) is 3.22. The minimum atomic E-state index is -0.724. The first kappa shape index (κ1) is 16.7. The van der Waals surface area contributed by atoms with E-state index >= 15 is 0 Å². The number of amides is 2. The summed E-state index contributed by atoms with van der Waals surface area (Å²) in [6.45, 7) is 0.698. The predicted molar refractivity (Wildman–Crippen MR) is 86.7 cm³/mol. The van der Waals surface area contributed by atoms with Crippen LogP contribution in [0, 0.1) is 0 Å². The fourth-order valence-corrected chi connectivity index (χ4v) is 3.07. The lowest BCUT2D eigenvalue weighted by Gasteiger charge is -2.21. The first-order valence-corrected chi connectivity index (χ1v) is 8.15. The Balaban J connectivity index is 1.45. The lowest BCUT2D eigenvalue weighted by Crippen LogP contribution is -2.40. The molecule has 1 atom stereocenters. The van der Waals surface area contributed by atoms with Crippen LogP contribution in [0.2, 0.25) is 0 Å². The summed E-state index contributed by atoms with van der Waals surface area (Å²) < 4.78 is 16.7. The number of carbonyl (C=O) groups is 2. The van der Waals surface area contributed by atoms with Crippen molar-refractivity contribution >= 4 is 17.5 Å². The van der Waals surface area contributed by atoms with Gasteiger partial charge in [0.2, 0.25) is 0 Å². The quantitative estimate of drug-likeness (QED) is 0.814. The molecule has 130 valence electrons. The molecule has 2 amide bonds. The van der Waals surface area contributed by atoms with Crippen LogP contribution in [0.4, 0.5) is 5.69 Å². The van der Waals surface area contributed by atoms with Crippen LogP contribution < -0.4 is 15.4 Å². The third kappa shape index (κ3) is 3.85. The van der Waals surface area contributed by atoms with E-state index in [1.165, 1.54) is 7.11 Å². The summed E-state index contributed by atoms with van der Waals surface area (Å²) in [5.74, 6) is -1.28. The van der Waals surface area contributed by atoms with Gasteiger partial charge in [0.15, 0.2) is 5.79 Å². The van der Waals surface area contributed by atoms with Crippen LogP contribution >= 0.6 is 0 Å². The molecule has 3 rings (SSSR count). The number of nitrogens with one attached hydrogen (secondary N) is 2. The Labute approximate surface area is 140 Å². The van der Waals surface area contributed by atoms with Gasteiger partial charge in [0, 0.05) is 31.1 Å². The summed E-state index contributed by atoms with van der Waals surface area (Å²) in [5, 5.41) is 5.13. The Morgan fingerprint density at radius 1 is 1.29 bits per heavy atom. The summed E-state index contributed by atoms with van der Waals surface area (Å²) >= 11 is 0. The van der Waals surface area contributed by atoms with Crippen molar-refractivity contribution in [2.45, 2.75) is 37.6 Å². The van der Waals surface area contributed by atoms with Crippen LogP contribution in [0.25, 0.3) is 0 Å². The van der Waals surface area contributed by atoms with E-state index in [1.54, 1.807) is 24.3 Å². The van der Waals surface area contributed by atoms with Crippen LogP contribution in [-0.4, -0.2) is 44.0 Å². The molecule has 1 heterocycles. The van der Waals surface area contributed by atoms with Crippen molar-refractivity contribution in [1.29, 1.82) is 0 Å². The molecule has 0 bridgehead atoms. The fraction of sp³-hybridized carbons (Fsp3) is 0.529. The number of methoxy groups -OCH3 is 1. The summed E-state index contributed by atoms with van der Waals surface area (Å²) in [6.07, 6.45) is 3.78. The SMILES string of the molecule is COc1cccc(NC(=O)C(=O)NCC2COC3(CCCC3)O2)c1. The molecule has 1 aliphatic heterocycles. The van der Waals surface area contributed by atoms with E-state index in [0.29, 0.717) is 18.0 Å². The number of carbonyl (C=O) groups excluding carboxylic acids is 2. The number of hydrogen-bond acceptors (Lipinski definition) is 5. The first-order chi connectivity index (χ1) is 11.6. The highest BCUT2D eigenvalue weighted by atomic mass is 16.7. The molecular formula is C17H22N2O5. The standard InChI is InChI=1S/C17H22N2O5/c1-22-13-6-4-5-12(9-13)19-16(21)15(20)18-10-14-11-23-17(24-14)7-2-3-8-17/h4-6,9,14H,2-3,7-8,10-11H2,1H3,(H,18,20)(H,19,21). The number of benzene rings is 1. The number of rotatable bonds is 4. The van der Waals surface area contributed by atoms with Gasteiger partial charge in [0.25, 0.3) is 0 Å². The Bertz CT molecular complexity index is 613. The Morgan fingerprint density at radius 3 is 2.83 bits per heavy atom. The highest BCUT2D eigenvalue weighted by Crippen LogP contribution is 2.38. The maximum Gasteiger partial charge on any atom is 0.313 e. The third-order valence-electron chi connectivity index (χ3n) is 4.30. The molecule has 0 aromatic heterocycles. The van der Waals surface area contributed by atoms with Gasteiger partial charge in [0.1, 0.15) is 11.9 Å². The second kappa shape index (κ2) is 7.19. The van der Waals surface area contributed by atoms with Gasteiger partial charge in [-0.05, 0) is 25.0 Å². The predicted octanol–water partition coefficient (Wildman–Crippen LogP) is 1.44. The fourth-order valence-electron chi connectivity index (χ4n) is 3.07. The van der Waals surface area contributed by atoms with Crippen molar-refractivity contribution in [3.8, 4) is 5.75 Å². The summed E-state index contributed by atoms with van der Waals surface area (Å²) in [4.78, 5) is 23.9. The molecule has 7 nitrogen and oxygen atoms in total. The minimum Gasteiger partial charge on any atom is -0.497 e. The van der Waals surface area contributed by atoms with Gasteiger partial charge >= 0.3 is 11.8 Å². The molecule has 0 radical (unpaired) electrons. The summed E-state index contributed by atoms with van der Waals surface area (Å²) in [5.41, 5.74) is 0.500. The highest BCUT2D eigenvalue weighted by Gasteiger charge is 2.43. The molecule has 1 saturated carbocycles. The van der Waals surface area contributed by atoms with Gasteiger partial charge in [-0.3, -0.25) is 9.59 Å². The maximum absolute atomic E-state index is 11.9. The van der Waals surface area contributed by atoms with Gasteiger partial charge in [0.05, 0.1) is 13.7 Å². The second-order valence-corrected chi connectivity index (χ2v) is 6.06. The molecule has 1 unspecified atom stereocenters. The molecule has 2 N–H and O–H groups in total. The molecule has 24 heavy (non-hydrogen) atoms. The van der Waals surface area contributed by atoms with E-state index in [0.717, 1.165) is 25.7 Å². The van der Waals surface area contributed by atoms with Crippen LogP contribution in [0.3, 0.4) is 0 Å². The third-order valence-corrected chi connectivity index (χ3v) is 4.30. The maximum atomic E-state index is 11.9. The van der Waals surface area contributed by atoms with Gasteiger partial charge in [-0.2, -0.15) is 0 Å². The Kier molecular flexibility index (Phi) is 5.01. The normalized spacial score (nSPS) is 21.6. The molecule has 1 spiro atoms. The zero-order valence-corrected chi connectivity index (χ0v) is 13.7. The molecular weight excluding hydrogens is 312 g/mol. The largest absolute Gasteiger partial charge is 0.497 e. The monoisotopic (exact) mass is 334 g/mol. The smallest absolute Gasteiger partial charge is 0.313 e. The summed E-state index contributed by atoms with van der Waals surface area (Å²) in [6, 6.07) is 6.82. The second-order valence-electron chi connectivity index (χ2n) is 6.06. The zero-order chi connectivity index (χ0) is 17.0. The van der Waals surface area contributed by atoms with Crippen molar-refractivity contribution in [1.82, 2.24) is 5.32 Å². The van der Waals surface area contributed by atoms with Crippen molar-refractivity contribution in [3.05, 3.63) is 24.3 Å². The van der Waals surface area contributed by atoms with Crippen molar-refractivity contribution in [2.24, 2.45) is 0 Å². The highest BCUT2D eigenvalue weighted by molar-refractivity contribution is 6.39. The van der Waals surface area contributed by atoms with E-state index in [-0.39, 0.29) is 12.6 Å². The van der Waals surface area contributed by atoms with E-state index in [4.69, 9.17) is 14.2 Å².